The van der Waals surface area contributed by atoms with Gasteiger partial charge in [0, 0.05) is 12.1 Å². The Hall–Kier alpha value is -2.97. The number of rotatable bonds is 10. The fourth-order valence-electron chi connectivity index (χ4n) is 6.73. The lowest BCUT2D eigenvalue weighted by atomic mass is 9.66. The normalized spacial score (nSPS) is 30.6. The van der Waals surface area contributed by atoms with E-state index in [9.17, 15) is 19.5 Å². The van der Waals surface area contributed by atoms with Crippen LogP contribution in [-0.2, 0) is 30.3 Å². The standard InChI is InChI=1S/C30H40N2O6/c1-7-16-31(28(3,4)5)26(35)24-30-15-14-29(6,38-30)23(27(36)37-17-8-2)22(30)25(34)32(24)21(19-33)18-20-12-10-9-11-13-20/h7-13,21-24,33H,1-2,14-19H2,3-6H3/t21-,22+,23+,24?,29-,30?/m1/s1. The molecule has 2 amide bonds. The zero-order chi connectivity index (χ0) is 27.9. The average molecular weight is 525 g/mol. The molecule has 0 saturated carbocycles. The summed E-state index contributed by atoms with van der Waals surface area (Å²) in [6.45, 7) is 15.0. The van der Waals surface area contributed by atoms with Crippen molar-refractivity contribution in [1.29, 1.82) is 0 Å². The van der Waals surface area contributed by atoms with Crippen LogP contribution in [0.3, 0.4) is 0 Å². The molecule has 2 bridgehead atoms. The van der Waals surface area contributed by atoms with Crippen LogP contribution < -0.4 is 0 Å². The first-order chi connectivity index (χ1) is 17.9. The van der Waals surface area contributed by atoms with E-state index in [1.807, 2.05) is 58.0 Å². The highest BCUT2D eigenvalue weighted by Gasteiger charge is 2.79. The molecule has 6 atom stereocenters. The third-order valence-electron chi connectivity index (χ3n) is 8.35. The molecule has 1 aromatic carbocycles. The number of amides is 2. The summed E-state index contributed by atoms with van der Waals surface area (Å²) >= 11 is 0. The number of carbonyl (C=O) groups is 3. The minimum atomic E-state index is -1.20. The third kappa shape index (κ3) is 4.47. The van der Waals surface area contributed by atoms with Gasteiger partial charge in [-0.2, -0.15) is 0 Å². The van der Waals surface area contributed by atoms with Crippen molar-refractivity contribution in [3.8, 4) is 0 Å². The van der Waals surface area contributed by atoms with Gasteiger partial charge in [0.15, 0.2) is 0 Å². The SMILES string of the molecule is C=CCOC(=O)[C@@H]1[C@H]2C(=O)N([C@@H](CO)Cc3ccccc3)C(C(=O)N(CC=C)C(C)(C)C)C23CC[C@@]1(C)O3. The Morgan fingerprint density at radius 3 is 2.50 bits per heavy atom. The monoisotopic (exact) mass is 524 g/mol. The number of hydrogen-bond donors (Lipinski definition) is 1. The predicted octanol–water partition coefficient (Wildman–Crippen LogP) is 2.90. The first kappa shape index (κ1) is 28.0. The van der Waals surface area contributed by atoms with Gasteiger partial charge in [-0.25, -0.2) is 0 Å². The van der Waals surface area contributed by atoms with Gasteiger partial charge < -0.3 is 24.4 Å². The first-order valence-corrected chi connectivity index (χ1v) is 13.3. The van der Waals surface area contributed by atoms with Crippen LogP contribution in [0, 0.1) is 11.8 Å². The second-order valence-electron chi connectivity index (χ2n) is 11.8. The highest BCUT2D eigenvalue weighted by Crippen LogP contribution is 2.63. The Morgan fingerprint density at radius 1 is 1.24 bits per heavy atom. The Bertz CT molecular complexity index is 1100. The molecular weight excluding hydrogens is 484 g/mol. The molecule has 3 heterocycles. The molecule has 3 saturated heterocycles. The molecule has 1 N–H and O–H groups in total. The minimum absolute atomic E-state index is 0.0236. The number of esters is 1. The molecule has 0 aliphatic carbocycles. The lowest BCUT2D eigenvalue weighted by molar-refractivity contribution is -0.162. The van der Waals surface area contributed by atoms with Gasteiger partial charge in [0.2, 0.25) is 11.8 Å². The van der Waals surface area contributed by atoms with E-state index in [0.29, 0.717) is 19.3 Å². The zero-order valence-corrected chi connectivity index (χ0v) is 22.9. The summed E-state index contributed by atoms with van der Waals surface area (Å²) in [5.41, 5.74) is -1.76. The molecule has 3 aliphatic heterocycles. The Balaban J connectivity index is 1.83. The number of fused-ring (bicyclic) bond motifs is 1. The van der Waals surface area contributed by atoms with Crippen molar-refractivity contribution in [1.82, 2.24) is 9.80 Å². The molecule has 3 aliphatic rings. The number of nitrogens with zero attached hydrogens (tertiary/aromatic N) is 2. The van der Waals surface area contributed by atoms with E-state index in [2.05, 4.69) is 13.2 Å². The van der Waals surface area contributed by atoms with Crippen molar-refractivity contribution in [2.45, 2.75) is 75.8 Å². The van der Waals surface area contributed by atoms with Crippen molar-refractivity contribution in [3.05, 3.63) is 61.2 Å². The summed E-state index contributed by atoms with van der Waals surface area (Å²) in [6.07, 6.45) is 4.47. The second-order valence-corrected chi connectivity index (χ2v) is 11.8. The van der Waals surface area contributed by atoms with Crippen molar-refractivity contribution in [2.75, 3.05) is 19.8 Å². The average Bonchev–Trinajstić information content (AvgIpc) is 3.44. The second kappa shape index (κ2) is 10.3. The molecule has 38 heavy (non-hydrogen) atoms. The van der Waals surface area contributed by atoms with Gasteiger partial charge in [0.25, 0.3) is 0 Å². The van der Waals surface area contributed by atoms with Gasteiger partial charge in [-0.1, -0.05) is 49.1 Å². The van der Waals surface area contributed by atoms with Crippen LogP contribution in [0.15, 0.2) is 55.6 Å². The maximum Gasteiger partial charge on any atom is 0.313 e. The molecule has 0 aromatic heterocycles. The van der Waals surface area contributed by atoms with Crippen molar-refractivity contribution >= 4 is 17.8 Å². The quantitative estimate of drug-likeness (QED) is 0.374. The third-order valence-corrected chi connectivity index (χ3v) is 8.35. The van der Waals surface area contributed by atoms with E-state index in [4.69, 9.17) is 9.47 Å². The van der Waals surface area contributed by atoms with Gasteiger partial charge in [-0.05, 0) is 52.5 Å². The molecule has 1 aromatic rings. The molecule has 4 rings (SSSR count). The lowest BCUT2D eigenvalue weighted by Gasteiger charge is -2.43. The van der Waals surface area contributed by atoms with Crippen LogP contribution in [0.25, 0.3) is 0 Å². The summed E-state index contributed by atoms with van der Waals surface area (Å²) in [6, 6.07) is 7.87. The summed E-state index contributed by atoms with van der Waals surface area (Å²) in [7, 11) is 0. The van der Waals surface area contributed by atoms with Crippen LogP contribution in [0.2, 0.25) is 0 Å². The van der Waals surface area contributed by atoms with Crippen molar-refractivity contribution in [3.63, 3.8) is 0 Å². The lowest BCUT2D eigenvalue weighted by Crippen LogP contribution is -2.62. The predicted molar refractivity (Wildman–Crippen MR) is 143 cm³/mol. The van der Waals surface area contributed by atoms with Gasteiger partial charge in [0.05, 0.1) is 24.2 Å². The molecule has 206 valence electrons. The summed E-state index contributed by atoms with van der Waals surface area (Å²) in [5, 5.41) is 10.6. The fraction of sp³-hybridized carbons (Fsp3) is 0.567. The van der Waals surface area contributed by atoms with E-state index >= 15 is 0 Å². The Kier molecular flexibility index (Phi) is 7.60. The Labute approximate surface area is 225 Å². The molecule has 3 fully saturated rings. The van der Waals surface area contributed by atoms with Gasteiger partial charge in [-0.3, -0.25) is 14.4 Å². The molecular formula is C30H40N2O6. The highest BCUT2D eigenvalue weighted by atomic mass is 16.6. The van der Waals surface area contributed by atoms with E-state index < -0.39 is 46.6 Å². The Morgan fingerprint density at radius 2 is 1.92 bits per heavy atom. The van der Waals surface area contributed by atoms with Gasteiger partial charge in [0.1, 0.15) is 24.2 Å². The number of ether oxygens (including phenoxy) is 2. The molecule has 8 nitrogen and oxygen atoms in total. The van der Waals surface area contributed by atoms with E-state index in [0.717, 1.165) is 5.56 Å². The van der Waals surface area contributed by atoms with Crippen LogP contribution in [-0.4, -0.2) is 81.3 Å². The summed E-state index contributed by atoms with van der Waals surface area (Å²) in [4.78, 5) is 45.4. The molecule has 8 heteroatoms. The molecule has 2 unspecified atom stereocenters. The molecule has 1 spiro atoms. The number of aliphatic hydroxyl groups excluding tert-OH is 1. The van der Waals surface area contributed by atoms with Crippen LogP contribution in [0.5, 0.6) is 0 Å². The largest absolute Gasteiger partial charge is 0.461 e. The van der Waals surface area contributed by atoms with Crippen LogP contribution in [0.1, 0.15) is 46.1 Å². The van der Waals surface area contributed by atoms with Crippen LogP contribution in [0.4, 0.5) is 0 Å². The fourth-order valence-corrected chi connectivity index (χ4v) is 6.73. The highest BCUT2D eigenvalue weighted by molar-refractivity contribution is 5.99. The smallest absolute Gasteiger partial charge is 0.313 e. The van der Waals surface area contributed by atoms with Crippen LogP contribution >= 0.6 is 0 Å². The van der Waals surface area contributed by atoms with E-state index in [-0.39, 0.29) is 31.6 Å². The summed E-state index contributed by atoms with van der Waals surface area (Å²) in [5.74, 6) is -2.90. The van der Waals surface area contributed by atoms with Gasteiger partial charge >= 0.3 is 5.97 Å². The van der Waals surface area contributed by atoms with Crippen molar-refractivity contribution < 1.29 is 29.0 Å². The van der Waals surface area contributed by atoms with E-state index in [1.54, 1.807) is 11.0 Å². The number of benzene rings is 1. The topological polar surface area (TPSA) is 96.4 Å². The van der Waals surface area contributed by atoms with Crippen molar-refractivity contribution in [2.24, 2.45) is 11.8 Å². The number of aliphatic hydroxyl groups is 1. The maximum atomic E-state index is 14.5. The van der Waals surface area contributed by atoms with E-state index in [1.165, 1.54) is 11.0 Å². The first-order valence-electron chi connectivity index (χ1n) is 13.3. The number of carbonyl (C=O) groups excluding carboxylic acids is 3. The number of hydrogen-bond acceptors (Lipinski definition) is 6. The van der Waals surface area contributed by atoms with Gasteiger partial charge in [-0.15, -0.1) is 6.58 Å². The maximum absolute atomic E-state index is 14.5. The zero-order valence-electron chi connectivity index (χ0n) is 22.9. The minimum Gasteiger partial charge on any atom is -0.461 e. The number of likely N-dealkylation sites (tertiary alicyclic amines) is 1. The summed E-state index contributed by atoms with van der Waals surface area (Å²) < 4.78 is 12.1. The molecule has 0 radical (unpaired) electrons.